The monoisotopic (exact) mass is 252 g/mol. The molecule has 0 radical (unpaired) electrons. The van der Waals surface area contributed by atoms with E-state index >= 15 is 0 Å². The van der Waals surface area contributed by atoms with Crippen LogP contribution in [0.4, 0.5) is 0 Å². The molecule has 104 valence electrons. The molecule has 0 rings (SSSR count). The molecule has 0 amide bonds. The largest absolute Gasteiger partial charge is 0.478 e. The summed E-state index contributed by atoms with van der Waals surface area (Å²) in [5.41, 5.74) is -1.11. The second-order valence-electron chi connectivity index (χ2n) is 3.38. The molecule has 0 saturated heterocycles. The standard InChI is InChI=1S/C5H12O4.C3H4O2.C3H8/c6-1-5(2-7,3-8)4-9;1-2-3(4)5;1-3-2/h6-9H,1-4H2;2H,1H2,(H,4,5);3H2,1-2H3. The van der Waals surface area contributed by atoms with Gasteiger partial charge in [0.1, 0.15) is 0 Å². The van der Waals surface area contributed by atoms with Crippen LogP contribution in [0.2, 0.25) is 0 Å². The maximum atomic E-state index is 9.25. The van der Waals surface area contributed by atoms with Crippen LogP contribution in [0.25, 0.3) is 0 Å². The van der Waals surface area contributed by atoms with E-state index < -0.39 is 37.8 Å². The molecule has 0 aromatic rings. The first-order valence-corrected chi connectivity index (χ1v) is 5.22. The molecule has 0 unspecified atom stereocenters. The van der Waals surface area contributed by atoms with Crippen molar-refractivity contribution in [3.63, 3.8) is 0 Å². The summed E-state index contributed by atoms with van der Waals surface area (Å²) in [5.74, 6) is -0.981. The number of aliphatic carboxylic acids is 1. The number of carboxylic acids is 1. The van der Waals surface area contributed by atoms with Crippen molar-refractivity contribution in [3.8, 4) is 0 Å². The van der Waals surface area contributed by atoms with Gasteiger partial charge in [-0.15, -0.1) is 0 Å². The summed E-state index contributed by atoms with van der Waals surface area (Å²) >= 11 is 0. The van der Waals surface area contributed by atoms with E-state index in [0.717, 1.165) is 6.08 Å². The van der Waals surface area contributed by atoms with Gasteiger partial charge in [0.2, 0.25) is 0 Å². The van der Waals surface area contributed by atoms with E-state index in [2.05, 4.69) is 20.4 Å². The summed E-state index contributed by atoms with van der Waals surface area (Å²) in [6.45, 7) is 5.59. The quantitative estimate of drug-likeness (QED) is 0.425. The van der Waals surface area contributed by atoms with Crippen LogP contribution < -0.4 is 0 Å². The Hall–Kier alpha value is -0.950. The Morgan fingerprint density at radius 3 is 1.24 bits per heavy atom. The summed E-state index contributed by atoms with van der Waals surface area (Å²) < 4.78 is 0. The molecule has 0 atom stereocenters. The molecule has 0 aliphatic carbocycles. The zero-order valence-electron chi connectivity index (χ0n) is 10.5. The average molecular weight is 252 g/mol. The lowest BCUT2D eigenvalue weighted by molar-refractivity contribution is -0.131. The van der Waals surface area contributed by atoms with Crippen LogP contribution in [0.5, 0.6) is 0 Å². The Morgan fingerprint density at radius 2 is 1.24 bits per heavy atom. The highest BCUT2D eigenvalue weighted by atomic mass is 16.4. The van der Waals surface area contributed by atoms with E-state index in [0.29, 0.717) is 0 Å². The minimum atomic E-state index is -1.11. The van der Waals surface area contributed by atoms with Gasteiger partial charge in [0.15, 0.2) is 0 Å². The highest BCUT2D eigenvalue weighted by Crippen LogP contribution is 2.11. The van der Waals surface area contributed by atoms with Gasteiger partial charge in [0.25, 0.3) is 0 Å². The number of carbonyl (C=O) groups is 1. The zero-order valence-corrected chi connectivity index (χ0v) is 10.5. The van der Waals surface area contributed by atoms with Gasteiger partial charge in [-0.05, 0) is 0 Å². The molecular weight excluding hydrogens is 228 g/mol. The third-order valence-electron chi connectivity index (χ3n) is 1.52. The summed E-state index contributed by atoms with van der Waals surface area (Å²) in [4.78, 5) is 9.25. The van der Waals surface area contributed by atoms with Crippen LogP contribution >= 0.6 is 0 Å². The molecule has 17 heavy (non-hydrogen) atoms. The third kappa shape index (κ3) is 15.1. The van der Waals surface area contributed by atoms with Crippen molar-refractivity contribution in [2.45, 2.75) is 20.3 Å². The number of rotatable bonds is 5. The lowest BCUT2D eigenvalue weighted by Crippen LogP contribution is -2.37. The topological polar surface area (TPSA) is 118 Å². The van der Waals surface area contributed by atoms with Gasteiger partial charge < -0.3 is 25.5 Å². The van der Waals surface area contributed by atoms with Crippen LogP contribution in [0.15, 0.2) is 12.7 Å². The fourth-order valence-corrected chi connectivity index (χ4v) is 0.300. The summed E-state index contributed by atoms with van der Waals surface area (Å²) in [6.07, 6.45) is 2.08. The lowest BCUT2D eigenvalue weighted by Gasteiger charge is -2.23. The van der Waals surface area contributed by atoms with Crippen LogP contribution in [-0.2, 0) is 4.79 Å². The molecule has 0 aliphatic heterocycles. The Morgan fingerprint density at radius 1 is 1.06 bits per heavy atom. The van der Waals surface area contributed by atoms with Crippen LogP contribution in [0.3, 0.4) is 0 Å². The van der Waals surface area contributed by atoms with E-state index in [1.165, 1.54) is 6.42 Å². The highest BCUT2D eigenvalue weighted by Gasteiger charge is 2.26. The van der Waals surface area contributed by atoms with Crippen LogP contribution in [0.1, 0.15) is 20.3 Å². The lowest BCUT2D eigenvalue weighted by atomic mass is 9.93. The number of carboxylic acid groups (broad SMARTS) is 1. The van der Waals surface area contributed by atoms with E-state index in [1.54, 1.807) is 0 Å². The molecule has 6 heteroatoms. The Labute approximate surface area is 102 Å². The molecule has 0 saturated carbocycles. The molecule has 0 heterocycles. The van der Waals surface area contributed by atoms with E-state index in [4.69, 9.17) is 25.5 Å². The number of aliphatic hydroxyl groups excluding tert-OH is 4. The minimum Gasteiger partial charge on any atom is -0.478 e. The second-order valence-corrected chi connectivity index (χ2v) is 3.38. The van der Waals surface area contributed by atoms with Crippen molar-refractivity contribution in [2.75, 3.05) is 26.4 Å². The smallest absolute Gasteiger partial charge is 0.327 e. The van der Waals surface area contributed by atoms with Gasteiger partial charge in [-0.1, -0.05) is 26.8 Å². The predicted octanol–water partition coefficient (Wildman–Crippen LogP) is -0.385. The van der Waals surface area contributed by atoms with Crippen molar-refractivity contribution < 1.29 is 30.3 Å². The van der Waals surface area contributed by atoms with Crippen molar-refractivity contribution in [1.29, 1.82) is 0 Å². The predicted molar refractivity (Wildman–Crippen MR) is 64.6 cm³/mol. The fraction of sp³-hybridized carbons (Fsp3) is 0.727. The molecular formula is C11H24O6. The Bertz CT molecular complexity index is 159. The van der Waals surface area contributed by atoms with Gasteiger partial charge in [0, 0.05) is 6.08 Å². The van der Waals surface area contributed by atoms with E-state index in [9.17, 15) is 4.79 Å². The zero-order chi connectivity index (χ0) is 14.3. The molecule has 0 aliphatic rings. The van der Waals surface area contributed by atoms with Gasteiger partial charge in [-0.25, -0.2) is 4.79 Å². The second kappa shape index (κ2) is 15.0. The van der Waals surface area contributed by atoms with Crippen molar-refractivity contribution in [2.24, 2.45) is 5.41 Å². The van der Waals surface area contributed by atoms with Gasteiger partial charge in [0.05, 0.1) is 31.8 Å². The number of hydrogen-bond acceptors (Lipinski definition) is 5. The minimum absolute atomic E-state index is 0.406. The van der Waals surface area contributed by atoms with E-state index in [-0.39, 0.29) is 0 Å². The first-order valence-electron chi connectivity index (χ1n) is 5.22. The van der Waals surface area contributed by atoms with Gasteiger partial charge >= 0.3 is 5.97 Å². The molecule has 6 nitrogen and oxygen atoms in total. The van der Waals surface area contributed by atoms with Crippen LogP contribution in [0, 0.1) is 5.41 Å². The van der Waals surface area contributed by atoms with Crippen LogP contribution in [-0.4, -0.2) is 57.9 Å². The summed E-state index contributed by atoms with van der Waals surface area (Å²) in [7, 11) is 0. The first kappa shape index (κ1) is 21.3. The Balaban J connectivity index is -0.000000207. The van der Waals surface area contributed by atoms with Crippen molar-refractivity contribution in [3.05, 3.63) is 12.7 Å². The van der Waals surface area contributed by atoms with Gasteiger partial charge in [-0.3, -0.25) is 0 Å². The van der Waals surface area contributed by atoms with E-state index in [1.807, 2.05) is 0 Å². The molecule has 0 spiro atoms. The van der Waals surface area contributed by atoms with Crippen molar-refractivity contribution >= 4 is 5.97 Å². The average Bonchev–Trinajstić information content (AvgIpc) is 2.34. The third-order valence-corrected chi connectivity index (χ3v) is 1.52. The maximum absolute atomic E-state index is 9.25. The molecule has 0 fully saturated rings. The highest BCUT2D eigenvalue weighted by molar-refractivity contribution is 5.78. The fourth-order valence-electron chi connectivity index (χ4n) is 0.300. The molecule has 5 N–H and O–H groups in total. The first-order chi connectivity index (χ1) is 7.93. The van der Waals surface area contributed by atoms with Gasteiger partial charge in [-0.2, -0.15) is 0 Å². The molecule has 0 bridgehead atoms. The molecule has 0 aromatic heterocycles. The van der Waals surface area contributed by atoms with Crippen molar-refractivity contribution in [1.82, 2.24) is 0 Å². The Kier molecular flexibility index (Phi) is 18.9. The summed E-state index contributed by atoms with van der Waals surface area (Å²) in [6, 6.07) is 0. The summed E-state index contributed by atoms with van der Waals surface area (Å²) in [5, 5.41) is 41.6. The molecule has 0 aromatic carbocycles. The number of hydrogen-bond donors (Lipinski definition) is 5. The normalized spacial score (nSPS) is 9.29. The maximum Gasteiger partial charge on any atom is 0.327 e. The number of aliphatic hydroxyl groups is 4. The SMILES string of the molecule is C=CC(=O)O.CCC.OCC(CO)(CO)CO.